The van der Waals surface area contributed by atoms with Gasteiger partial charge in [-0.25, -0.2) is 0 Å². The summed E-state index contributed by atoms with van der Waals surface area (Å²) in [7, 11) is 0. The SMILES string of the molecule is NCC[C@H](S)C(=O)O. The predicted octanol–water partition coefficient (Wildman–Crippen LogP) is -0.282. The maximum Gasteiger partial charge on any atom is 0.316 e. The lowest BCUT2D eigenvalue weighted by Crippen LogP contribution is -2.17. The molecule has 0 amide bonds. The van der Waals surface area contributed by atoms with E-state index in [2.05, 4.69) is 12.6 Å². The van der Waals surface area contributed by atoms with Crippen LogP contribution in [0.5, 0.6) is 0 Å². The standard InChI is InChI=1S/C4H9NO2S/c5-2-1-3(8)4(6)7/h3,8H,1-2,5H2,(H,6,7)/t3-/m0/s1. The first-order chi connectivity index (χ1) is 3.68. The van der Waals surface area contributed by atoms with Crippen molar-refractivity contribution in [1.29, 1.82) is 0 Å². The van der Waals surface area contributed by atoms with Crippen LogP contribution in [0.1, 0.15) is 6.42 Å². The topological polar surface area (TPSA) is 63.3 Å². The summed E-state index contributed by atoms with van der Waals surface area (Å²) in [6, 6.07) is 0. The third kappa shape index (κ3) is 2.87. The summed E-state index contributed by atoms with van der Waals surface area (Å²) in [5.41, 5.74) is 5.06. The van der Waals surface area contributed by atoms with Gasteiger partial charge in [0.15, 0.2) is 0 Å². The van der Waals surface area contributed by atoms with Crippen LogP contribution in [-0.4, -0.2) is 22.9 Å². The number of hydrogen-bond donors (Lipinski definition) is 3. The zero-order chi connectivity index (χ0) is 6.57. The van der Waals surface area contributed by atoms with Crippen molar-refractivity contribution in [3.8, 4) is 0 Å². The first-order valence-electron chi connectivity index (χ1n) is 2.29. The minimum Gasteiger partial charge on any atom is -0.480 e. The molecule has 0 aromatic carbocycles. The van der Waals surface area contributed by atoms with Crippen LogP contribution in [0.3, 0.4) is 0 Å². The summed E-state index contributed by atoms with van der Waals surface area (Å²) in [5, 5.41) is 7.58. The number of hydrogen-bond acceptors (Lipinski definition) is 3. The first-order valence-corrected chi connectivity index (χ1v) is 2.81. The van der Waals surface area contributed by atoms with Crippen molar-refractivity contribution < 1.29 is 9.90 Å². The molecule has 0 saturated carbocycles. The summed E-state index contributed by atoms with van der Waals surface area (Å²) < 4.78 is 0. The minimum atomic E-state index is -0.904. The molecule has 0 unspecified atom stereocenters. The third-order valence-electron chi connectivity index (χ3n) is 0.725. The molecule has 48 valence electrons. The molecule has 0 aromatic rings. The fourth-order valence-electron chi connectivity index (χ4n) is 0.281. The highest BCUT2D eigenvalue weighted by Gasteiger charge is 2.08. The maximum absolute atomic E-state index is 9.96. The Kier molecular flexibility index (Phi) is 3.64. The molecule has 0 fully saturated rings. The Bertz CT molecular complexity index is 86.1. The van der Waals surface area contributed by atoms with Crippen molar-refractivity contribution in [3.05, 3.63) is 0 Å². The molecule has 8 heavy (non-hydrogen) atoms. The first kappa shape index (κ1) is 7.78. The van der Waals surface area contributed by atoms with Gasteiger partial charge in [-0.2, -0.15) is 12.6 Å². The van der Waals surface area contributed by atoms with Crippen LogP contribution in [0.15, 0.2) is 0 Å². The second-order valence-corrected chi connectivity index (χ2v) is 2.05. The van der Waals surface area contributed by atoms with Gasteiger partial charge in [0.2, 0.25) is 0 Å². The van der Waals surface area contributed by atoms with Crippen LogP contribution in [0.25, 0.3) is 0 Å². The summed E-state index contributed by atoms with van der Waals surface area (Å²) in [5.74, 6) is -0.904. The van der Waals surface area contributed by atoms with Crippen LogP contribution < -0.4 is 5.73 Å². The Hall–Kier alpha value is -0.220. The second-order valence-electron chi connectivity index (χ2n) is 1.43. The van der Waals surface area contributed by atoms with Crippen molar-refractivity contribution >= 4 is 18.6 Å². The number of carboxylic acid groups (broad SMARTS) is 1. The van der Waals surface area contributed by atoms with Gasteiger partial charge < -0.3 is 10.8 Å². The highest BCUT2D eigenvalue weighted by atomic mass is 32.1. The Balaban J connectivity index is 3.32. The number of nitrogens with two attached hydrogens (primary N) is 1. The van der Waals surface area contributed by atoms with Crippen molar-refractivity contribution in [3.63, 3.8) is 0 Å². The molecule has 3 nitrogen and oxygen atoms in total. The van der Waals surface area contributed by atoms with Crippen molar-refractivity contribution in [1.82, 2.24) is 0 Å². The predicted molar refractivity (Wildman–Crippen MR) is 34.1 cm³/mol. The van der Waals surface area contributed by atoms with E-state index < -0.39 is 11.2 Å². The van der Waals surface area contributed by atoms with E-state index in [0.717, 1.165) is 0 Å². The molecule has 0 rings (SSSR count). The number of carbonyl (C=O) groups is 1. The number of carboxylic acids is 1. The van der Waals surface area contributed by atoms with Crippen LogP contribution in [0.2, 0.25) is 0 Å². The van der Waals surface area contributed by atoms with Gasteiger partial charge in [0.05, 0.1) is 0 Å². The van der Waals surface area contributed by atoms with E-state index in [1.165, 1.54) is 0 Å². The molecule has 0 heterocycles. The quantitative estimate of drug-likeness (QED) is 0.466. The average Bonchev–Trinajstić information content (AvgIpc) is 1.67. The fraction of sp³-hybridized carbons (Fsp3) is 0.750. The molecule has 0 bridgehead atoms. The van der Waals surface area contributed by atoms with E-state index in [-0.39, 0.29) is 0 Å². The molecule has 0 spiro atoms. The Morgan fingerprint density at radius 2 is 2.38 bits per heavy atom. The minimum absolute atomic E-state index is 0.375. The van der Waals surface area contributed by atoms with E-state index in [9.17, 15) is 4.79 Å². The monoisotopic (exact) mass is 135 g/mol. The maximum atomic E-state index is 9.96. The molecular weight excluding hydrogens is 126 g/mol. The Labute approximate surface area is 53.3 Å². The zero-order valence-electron chi connectivity index (χ0n) is 4.37. The summed E-state index contributed by atoms with van der Waals surface area (Å²) in [6.07, 6.45) is 0.429. The van der Waals surface area contributed by atoms with Crippen LogP contribution >= 0.6 is 12.6 Å². The number of thiol groups is 1. The molecule has 0 radical (unpaired) electrons. The fourth-order valence-corrected chi connectivity index (χ4v) is 0.430. The molecule has 1 atom stereocenters. The normalized spacial score (nSPS) is 13.2. The lowest BCUT2D eigenvalue weighted by molar-refractivity contribution is -0.136. The van der Waals surface area contributed by atoms with Gasteiger partial charge >= 0.3 is 5.97 Å². The molecule has 0 saturated heterocycles. The van der Waals surface area contributed by atoms with Crippen LogP contribution in [-0.2, 0) is 4.79 Å². The van der Waals surface area contributed by atoms with Gasteiger partial charge in [-0.1, -0.05) is 0 Å². The van der Waals surface area contributed by atoms with E-state index in [1.807, 2.05) is 0 Å². The van der Waals surface area contributed by atoms with Gasteiger partial charge in [-0.05, 0) is 13.0 Å². The molecule has 0 aliphatic carbocycles. The van der Waals surface area contributed by atoms with Crippen molar-refractivity contribution in [2.45, 2.75) is 11.7 Å². The Morgan fingerprint density at radius 1 is 1.88 bits per heavy atom. The number of rotatable bonds is 3. The van der Waals surface area contributed by atoms with Crippen molar-refractivity contribution in [2.24, 2.45) is 5.73 Å². The van der Waals surface area contributed by atoms with Crippen LogP contribution in [0, 0.1) is 0 Å². The molecule has 3 N–H and O–H groups in total. The summed E-state index contributed by atoms with van der Waals surface area (Å²) in [6.45, 7) is 0.375. The van der Waals surface area contributed by atoms with E-state index in [4.69, 9.17) is 10.8 Å². The Morgan fingerprint density at radius 3 is 2.50 bits per heavy atom. The average molecular weight is 135 g/mol. The second kappa shape index (κ2) is 3.74. The molecule has 4 heteroatoms. The van der Waals surface area contributed by atoms with Gasteiger partial charge in [0.25, 0.3) is 0 Å². The summed E-state index contributed by atoms with van der Waals surface area (Å²) in [4.78, 5) is 9.96. The molecule has 0 aliphatic heterocycles. The molecular formula is C4H9NO2S. The highest BCUT2D eigenvalue weighted by molar-refractivity contribution is 7.81. The van der Waals surface area contributed by atoms with Crippen LogP contribution in [0.4, 0.5) is 0 Å². The van der Waals surface area contributed by atoms with E-state index in [1.54, 1.807) is 0 Å². The van der Waals surface area contributed by atoms with E-state index in [0.29, 0.717) is 13.0 Å². The van der Waals surface area contributed by atoms with E-state index >= 15 is 0 Å². The zero-order valence-corrected chi connectivity index (χ0v) is 5.27. The lowest BCUT2D eigenvalue weighted by atomic mass is 10.3. The van der Waals surface area contributed by atoms with Gasteiger partial charge in [-0.3, -0.25) is 4.79 Å². The molecule has 0 aliphatic rings. The lowest BCUT2D eigenvalue weighted by Gasteiger charge is -1.99. The summed E-state index contributed by atoms with van der Waals surface area (Å²) >= 11 is 3.73. The number of aliphatic carboxylic acids is 1. The van der Waals surface area contributed by atoms with Gasteiger partial charge in [-0.15, -0.1) is 0 Å². The third-order valence-corrected chi connectivity index (χ3v) is 1.20. The highest BCUT2D eigenvalue weighted by Crippen LogP contribution is 1.97. The molecule has 0 aromatic heterocycles. The van der Waals surface area contributed by atoms with Gasteiger partial charge in [0, 0.05) is 0 Å². The van der Waals surface area contributed by atoms with Gasteiger partial charge in [0.1, 0.15) is 5.25 Å². The largest absolute Gasteiger partial charge is 0.480 e. The van der Waals surface area contributed by atoms with Crippen molar-refractivity contribution in [2.75, 3.05) is 6.54 Å². The smallest absolute Gasteiger partial charge is 0.316 e.